The van der Waals surface area contributed by atoms with Gasteiger partial charge >= 0.3 is 12.1 Å². The molecule has 0 spiro atoms. The normalized spacial score (nSPS) is 13.0. The van der Waals surface area contributed by atoms with Gasteiger partial charge in [-0.25, -0.2) is 9.59 Å². The molecule has 174 valence electrons. The molecule has 1 unspecified atom stereocenters. The van der Waals surface area contributed by atoms with E-state index in [2.05, 4.69) is 5.32 Å². The molecule has 4 rings (SSSR count). The lowest BCUT2D eigenvalue weighted by Gasteiger charge is -2.18. The summed E-state index contributed by atoms with van der Waals surface area (Å²) in [6, 6.07) is 16.5. The maximum Gasteiger partial charge on any atom is 0.407 e. The lowest BCUT2D eigenvalue weighted by molar-refractivity contribution is -0.384. The summed E-state index contributed by atoms with van der Waals surface area (Å²) in [5.41, 5.74) is 3.79. The molecule has 1 aliphatic carbocycles. The molecule has 0 fully saturated rings. The number of aliphatic carboxylic acids is 1. The average Bonchev–Trinajstić information content (AvgIpc) is 3.13. The van der Waals surface area contributed by atoms with Gasteiger partial charge in [0.05, 0.1) is 4.92 Å². The van der Waals surface area contributed by atoms with Crippen LogP contribution >= 0.6 is 23.2 Å². The molecule has 0 aliphatic heterocycles. The van der Waals surface area contributed by atoms with Crippen LogP contribution in [0.15, 0.2) is 60.7 Å². The summed E-state index contributed by atoms with van der Waals surface area (Å²) in [7, 11) is 0. The fraction of sp³-hybridized carbons (Fsp3) is 0.167. The van der Waals surface area contributed by atoms with Gasteiger partial charge in [0.1, 0.15) is 17.7 Å². The van der Waals surface area contributed by atoms with Crippen LogP contribution in [0.2, 0.25) is 10.0 Å². The number of alkyl carbamates (subject to hydrolysis) is 1. The van der Waals surface area contributed by atoms with Crippen LogP contribution in [0.3, 0.4) is 0 Å². The zero-order valence-corrected chi connectivity index (χ0v) is 19.0. The Labute approximate surface area is 204 Å². The number of carboxylic acid groups (broad SMARTS) is 1. The van der Waals surface area contributed by atoms with Crippen molar-refractivity contribution in [2.75, 3.05) is 6.61 Å². The predicted molar refractivity (Wildman–Crippen MR) is 126 cm³/mol. The second kappa shape index (κ2) is 9.70. The predicted octanol–water partition coefficient (Wildman–Crippen LogP) is 5.44. The van der Waals surface area contributed by atoms with E-state index >= 15 is 0 Å². The van der Waals surface area contributed by atoms with Gasteiger partial charge in [-0.2, -0.15) is 0 Å². The number of hydrogen-bond donors (Lipinski definition) is 2. The van der Waals surface area contributed by atoms with Crippen molar-refractivity contribution < 1.29 is 24.4 Å². The lowest BCUT2D eigenvalue weighted by Crippen LogP contribution is -2.43. The Morgan fingerprint density at radius 3 is 2.18 bits per heavy atom. The van der Waals surface area contributed by atoms with E-state index in [1.54, 1.807) is 0 Å². The van der Waals surface area contributed by atoms with Crippen molar-refractivity contribution in [1.82, 2.24) is 5.32 Å². The highest BCUT2D eigenvalue weighted by atomic mass is 35.5. The molecule has 1 amide bonds. The lowest BCUT2D eigenvalue weighted by atomic mass is 9.98. The van der Waals surface area contributed by atoms with Gasteiger partial charge in [-0.3, -0.25) is 10.1 Å². The summed E-state index contributed by atoms with van der Waals surface area (Å²) in [6.07, 6.45) is -1.30. The van der Waals surface area contributed by atoms with E-state index in [1.807, 2.05) is 48.5 Å². The van der Waals surface area contributed by atoms with Crippen molar-refractivity contribution in [2.45, 2.75) is 18.4 Å². The number of carbonyl (C=O) groups excluding carboxylic acids is 1. The molecule has 10 heteroatoms. The first-order valence-corrected chi connectivity index (χ1v) is 11.0. The number of halogens is 2. The number of nitrogens with one attached hydrogen (secondary N) is 1. The van der Waals surface area contributed by atoms with Crippen LogP contribution in [0.1, 0.15) is 22.6 Å². The fourth-order valence-electron chi connectivity index (χ4n) is 4.10. The summed E-state index contributed by atoms with van der Waals surface area (Å²) in [6.45, 7) is 0.00448. The van der Waals surface area contributed by atoms with E-state index in [9.17, 15) is 24.8 Å². The third-order valence-corrected chi connectivity index (χ3v) is 6.48. The highest BCUT2D eigenvalue weighted by molar-refractivity contribution is 6.37. The highest BCUT2D eigenvalue weighted by Gasteiger charge is 2.30. The summed E-state index contributed by atoms with van der Waals surface area (Å²) in [5, 5.41) is 22.8. The number of hydrogen-bond acceptors (Lipinski definition) is 5. The Kier molecular flexibility index (Phi) is 6.72. The number of fused-ring (bicyclic) bond motifs is 3. The number of benzene rings is 3. The maximum absolute atomic E-state index is 12.5. The summed E-state index contributed by atoms with van der Waals surface area (Å²) in [4.78, 5) is 34.7. The summed E-state index contributed by atoms with van der Waals surface area (Å²) >= 11 is 12.2. The van der Waals surface area contributed by atoms with Crippen LogP contribution in [-0.2, 0) is 16.0 Å². The number of rotatable bonds is 7. The van der Waals surface area contributed by atoms with Crippen molar-refractivity contribution in [3.8, 4) is 11.1 Å². The standard InChI is InChI=1S/C24H18Cl2N2O6/c25-19-9-10-21(28(32)33)22(26)17(19)11-20(23(29)30)27-24(31)34-12-18-15-7-3-1-5-13(15)14-6-2-4-8-16(14)18/h1-10,18,20H,11-12H2,(H,27,31)(H,29,30). The van der Waals surface area contributed by atoms with Crippen LogP contribution < -0.4 is 5.32 Å². The topological polar surface area (TPSA) is 119 Å². The molecule has 0 radical (unpaired) electrons. The number of nitrogens with zero attached hydrogens (tertiary/aromatic N) is 1. The molecule has 34 heavy (non-hydrogen) atoms. The van der Waals surface area contributed by atoms with Gasteiger partial charge in [0.25, 0.3) is 5.69 Å². The first kappa shape index (κ1) is 23.5. The molecule has 1 atom stereocenters. The first-order chi connectivity index (χ1) is 16.3. The first-order valence-electron chi connectivity index (χ1n) is 10.2. The van der Waals surface area contributed by atoms with Gasteiger partial charge in [-0.1, -0.05) is 71.7 Å². The van der Waals surface area contributed by atoms with E-state index < -0.39 is 28.7 Å². The van der Waals surface area contributed by atoms with Crippen LogP contribution in [0.25, 0.3) is 11.1 Å². The van der Waals surface area contributed by atoms with Crippen LogP contribution in [0.5, 0.6) is 0 Å². The van der Waals surface area contributed by atoms with Gasteiger partial charge in [0.2, 0.25) is 0 Å². The largest absolute Gasteiger partial charge is 0.480 e. The SMILES string of the molecule is O=C(NC(Cc1c(Cl)ccc([N+](=O)[O-])c1Cl)C(=O)O)OCC1c2ccccc2-c2ccccc21. The number of carbonyl (C=O) groups is 2. The smallest absolute Gasteiger partial charge is 0.407 e. The summed E-state index contributed by atoms with van der Waals surface area (Å²) in [5.74, 6) is -1.56. The second-order valence-electron chi connectivity index (χ2n) is 7.68. The van der Waals surface area contributed by atoms with Crippen molar-refractivity contribution in [3.63, 3.8) is 0 Å². The molecule has 8 nitrogen and oxygen atoms in total. The monoisotopic (exact) mass is 500 g/mol. The Bertz CT molecular complexity index is 1250. The van der Waals surface area contributed by atoms with Crippen LogP contribution in [0.4, 0.5) is 10.5 Å². The zero-order valence-electron chi connectivity index (χ0n) is 17.5. The van der Waals surface area contributed by atoms with E-state index in [1.165, 1.54) is 6.07 Å². The van der Waals surface area contributed by atoms with Crippen LogP contribution in [0, 0.1) is 10.1 Å². The number of ether oxygens (including phenoxy) is 1. The molecule has 0 saturated carbocycles. The Balaban J connectivity index is 1.48. The van der Waals surface area contributed by atoms with Gasteiger partial charge in [-0.05, 0) is 33.9 Å². The molecule has 0 aromatic heterocycles. The molecule has 2 N–H and O–H groups in total. The minimum atomic E-state index is -1.47. The Morgan fingerprint density at radius 1 is 1.03 bits per heavy atom. The second-order valence-corrected chi connectivity index (χ2v) is 8.47. The molecule has 1 aliphatic rings. The average molecular weight is 501 g/mol. The van der Waals surface area contributed by atoms with Gasteiger partial charge in [0, 0.05) is 23.4 Å². The quantitative estimate of drug-likeness (QED) is 0.329. The summed E-state index contributed by atoms with van der Waals surface area (Å²) < 4.78 is 5.39. The molecular weight excluding hydrogens is 483 g/mol. The van der Waals surface area contributed by atoms with Crippen molar-refractivity contribution in [3.05, 3.63) is 97.5 Å². The minimum Gasteiger partial charge on any atom is -0.480 e. The molecule has 3 aromatic rings. The molecule has 0 heterocycles. The number of nitro benzene ring substituents is 1. The van der Waals surface area contributed by atoms with Crippen molar-refractivity contribution >= 4 is 41.0 Å². The van der Waals surface area contributed by atoms with Crippen molar-refractivity contribution in [2.24, 2.45) is 0 Å². The van der Waals surface area contributed by atoms with E-state index in [4.69, 9.17) is 27.9 Å². The van der Waals surface area contributed by atoms with E-state index in [0.29, 0.717) is 0 Å². The molecular formula is C24H18Cl2N2O6. The zero-order chi connectivity index (χ0) is 24.4. The molecule has 0 bridgehead atoms. The number of nitro groups is 1. The van der Waals surface area contributed by atoms with Crippen LogP contribution in [-0.4, -0.2) is 34.7 Å². The third-order valence-electron chi connectivity index (χ3n) is 5.70. The van der Waals surface area contributed by atoms with Gasteiger partial charge in [-0.15, -0.1) is 0 Å². The maximum atomic E-state index is 12.5. The fourth-order valence-corrected chi connectivity index (χ4v) is 4.69. The van der Waals surface area contributed by atoms with Crippen molar-refractivity contribution in [1.29, 1.82) is 0 Å². The molecule has 3 aromatic carbocycles. The van der Waals surface area contributed by atoms with E-state index in [-0.39, 0.29) is 34.6 Å². The number of amides is 1. The number of carboxylic acids is 1. The minimum absolute atomic E-state index is 0.00448. The van der Waals surface area contributed by atoms with E-state index in [0.717, 1.165) is 28.3 Å². The van der Waals surface area contributed by atoms with Gasteiger partial charge < -0.3 is 15.2 Å². The third kappa shape index (κ3) is 4.55. The highest BCUT2D eigenvalue weighted by Crippen LogP contribution is 2.44. The Hall–Kier alpha value is -3.62. The Morgan fingerprint density at radius 2 is 1.62 bits per heavy atom. The molecule has 0 saturated heterocycles. The van der Waals surface area contributed by atoms with Gasteiger partial charge in [0.15, 0.2) is 0 Å².